The number of rotatable bonds is 45. The smallest absolute Gasteiger partial charge is 0.409 e. The molecule has 4 heterocycles. The number of aliphatic imine (C=N–C) groups is 2. The van der Waals surface area contributed by atoms with Crippen molar-refractivity contribution in [3.8, 4) is 5.75 Å². The average molecular weight is 1510 g/mol. The first-order chi connectivity index (χ1) is 48.4. The number of unbranched alkanes of at least 4 members (excludes halogenated alkanes) is 2. The van der Waals surface area contributed by atoms with Crippen LogP contribution in [0.25, 0.3) is 0 Å². The van der Waals surface area contributed by atoms with E-state index in [1.807, 2.05) is 27.7 Å². The van der Waals surface area contributed by atoms with Gasteiger partial charge in [-0.1, -0.05) is 25.5 Å². The van der Waals surface area contributed by atoms with Gasteiger partial charge < -0.3 is 91.4 Å². The Hall–Kier alpha value is -5.25. The van der Waals surface area contributed by atoms with Crippen molar-refractivity contribution in [1.29, 1.82) is 0 Å². The van der Waals surface area contributed by atoms with E-state index >= 15 is 4.57 Å². The van der Waals surface area contributed by atoms with Gasteiger partial charge in [-0.2, -0.15) is 0 Å². The van der Waals surface area contributed by atoms with Crippen molar-refractivity contribution in [2.24, 2.45) is 44.8 Å². The van der Waals surface area contributed by atoms with Crippen molar-refractivity contribution in [2.75, 3.05) is 160 Å². The maximum atomic E-state index is 15.0. The van der Waals surface area contributed by atoms with Crippen LogP contribution in [0.1, 0.15) is 117 Å². The summed E-state index contributed by atoms with van der Waals surface area (Å²) < 4.78 is 95.5. The molecule has 37 heteroatoms. The fourth-order valence-electron chi connectivity index (χ4n) is 12.7. The predicted molar refractivity (Wildman–Crippen MR) is 387 cm³/mol. The zero-order chi connectivity index (χ0) is 75.2. The number of phenols is 1. The first kappa shape index (κ1) is 87.4. The number of nitrogens with zero attached hydrogens (tertiary/aromatic N) is 9. The molecule has 582 valence electrons. The summed E-state index contributed by atoms with van der Waals surface area (Å²) >= 11 is 0. The molecule has 12 unspecified atom stereocenters. The summed E-state index contributed by atoms with van der Waals surface area (Å²) in [5.74, 6) is -2.36. The van der Waals surface area contributed by atoms with Gasteiger partial charge >= 0.3 is 21.4 Å². The molecule has 12 atom stereocenters. The van der Waals surface area contributed by atoms with Crippen LogP contribution in [-0.4, -0.2) is 293 Å². The Kier molecular flexibility index (Phi) is 37.7. The lowest BCUT2D eigenvalue weighted by Crippen LogP contribution is -2.51. The molecule has 0 aliphatic carbocycles. The molecular weight excluding hydrogens is 1390 g/mol. The second-order valence-corrected chi connectivity index (χ2v) is 34.7. The number of carbonyl (C=O) groups is 6. The summed E-state index contributed by atoms with van der Waals surface area (Å²) in [4.78, 5) is 92.0. The number of aromatic hydroxyl groups is 1. The lowest BCUT2D eigenvalue weighted by atomic mass is 9.90. The number of nitrogens with two attached hydrogens (primary N) is 4. The Balaban J connectivity index is 1.07. The predicted octanol–water partition coefficient (Wildman–Crippen LogP) is 2.84. The molecule has 1 aromatic carbocycles. The Bertz CT molecular complexity index is 3000. The molecule has 5 rings (SSSR count). The number of ketones is 2. The molecule has 13 N–H and O–H groups in total. The molecule has 34 nitrogen and oxygen atoms in total. The van der Waals surface area contributed by atoms with Gasteiger partial charge in [0.05, 0.1) is 75.4 Å². The van der Waals surface area contributed by atoms with Crippen molar-refractivity contribution in [1.82, 2.24) is 49.1 Å². The van der Waals surface area contributed by atoms with Crippen molar-refractivity contribution < 1.29 is 85.2 Å². The number of amides is 4. The molecule has 0 aromatic heterocycles. The summed E-state index contributed by atoms with van der Waals surface area (Å²) in [5, 5.41) is 27.9. The number of carbonyl (C=O) groups excluding carboxylic acids is 6. The van der Waals surface area contributed by atoms with E-state index in [1.165, 1.54) is 26.4 Å². The summed E-state index contributed by atoms with van der Waals surface area (Å²) in [6.45, 7) is 9.83. The number of morpholine rings is 3. The standard InChI is InChI=1S/C65H119N16O18P3/c1-10-51(17-15-27-72-63(66)67)62(88)74-58(35-50-22-24-54(84)25-23-50)59(85)36-52(18-16-28-73-64(68)69)61(87)71-26-13-11-12-19-53(83)20-14-21-60(86)78-37-47(2)97-55(40-78)43-94-100(90,46-70-5)80-38-48(3)98-56(41-80)44-96-102(92,76(8)9)81-39-49(4)99-57(42-81)45-95-101(91,75(6)7)79-31-29-77(30-32-79)65(89)93-34-33-82/h22-25,47-49,51-52,55-58,70,82,84H,10-21,26-46H2,1-9H3,(H,71,87)(H,74,88)(H4,66,67,72)(H4,68,69,73). The van der Waals surface area contributed by atoms with Gasteiger partial charge in [0.15, 0.2) is 17.7 Å². The van der Waals surface area contributed by atoms with E-state index in [1.54, 1.807) is 66.3 Å². The van der Waals surface area contributed by atoms with Gasteiger partial charge in [-0.15, -0.1) is 0 Å². The van der Waals surface area contributed by atoms with Crippen molar-refractivity contribution in [2.45, 2.75) is 160 Å². The number of phenolic OH excluding ortho intramolecular Hbond substituents is 1. The Labute approximate surface area is 602 Å². The average Bonchev–Trinajstić information content (AvgIpc) is 0.794. The van der Waals surface area contributed by atoms with Gasteiger partial charge in [0, 0.05) is 123 Å². The highest BCUT2D eigenvalue weighted by Gasteiger charge is 2.46. The number of ether oxygens (including phenoxy) is 4. The highest BCUT2D eigenvalue weighted by Crippen LogP contribution is 2.56. The third kappa shape index (κ3) is 28.9. The molecule has 0 bridgehead atoms. The van der Waals surface area contributed by atoms with Crippen LogP contribution < -0.4 is 38.9 Å². The first-order valence-corrected chi connectivity index (χ1v) is 40.5. The quantitative estimate of drug-likeness (QED) is 0.0196. The second-order valence-electron chi connectivity index (χ2n) is 27.0. The van der Waals surface area contributed by atoms with Gasteiger partial charge in [-0.05, 0) is 131 Å². The number of guanidine groups is 2. The number of hydrogen-bond donors (Lipinski definition) is 9. The van der Waals surface area contributed by atoms with Crippen LogP contribution in [0.5, 0.6) is 5.75 Å². The minimum Gasteiger partial charge on any atom is -0.508 e. The van der Waals surface area contributed by atoms with E-state index in [2.05, 4.69) is 25.9 Å². The fourth-order valence-corrected chi connectivity index (χ4v) is 18.9. The second kappa shape index (κ2) is 44.0. The number of nitrogens with one attached hydrogen (secondary N) is 3. The number of hydrogen-bond acceptors (Lipinski definition) is 21. The van der Waals surface area contributed by atoms with Crippen molar-refractivity contribution in [3.63, 3.8) is 0 Å². The summed E-state index contributed by atoms with van der Waals surface area (Å²) in [6, 6.07) is 5.39. The number of aliphatic hydroxyl groups is 1. The van der Waals surface area contributed by atoms with E-state index in [0.717, 1.165) is 0 Å². The first-order valence-electron chi connectivity index (χ1n) is 35.7. The zero-order valence-corrected chi connectivity index (χ0v) is 64.1. The lowest BCUT2D eigenvalue weighted by Gasteiger charge is -2.44. The van der Waals surface area contributed by atoms with Crippen LogP contribution in [0.15, 0.2) is 34.3 Å². The molecule has 0 saturated carbocycles. The minimum atomic E-state index is -3.78. The van der Waals surface area contributed by atoms with Crippen LogP contribution in [-0.2, 0) is 76.6 Å². The molecular formula is C65H119N16O18P3. The Morgan fingerprint density at radius 3 is 1.75 bits per heavy atom. The van der Waals surface area contributed by atoms with Crippen LogP contribution in [0.4, 0.5) is 4.79 Å². The molecule has 0 spiro atoms. The highest BCUT2D eigenvalue weighted by molar-refractivity contribution is 7.56. The van der Waals surface area contributed by atoms with Gasteiger partial charge in [0.25, 0.3) is 7.52 Å². The minimum absolute atomic E-state index is 0.0133. The summed E-state index contributed by atoms with van der Waals surface area (Å²) in [7, 11) is -2.73. The zero-order valence-electron chi connectivity index (χ0n) is 61.4. The monoisotopic (exact) mass is 1500 g/mol. The third-order valence-corrected chi connectivity index (χ3v) is 25.6. The molecule has 4 aliphatic heterocycles. The SMILES string of the molecule is CCC(CCCN=C(N)N)C(=O)NC(Cc1ccc(O)cc1)C(=O)CC(CCCN=C(N)N)C(=O)NCCCCCC(=O)CCCC(=O)N1CC(C)OC(COP(=O)(CNC)N2CC(C)OC(COP(=O)(N(C)C)N3CC(C)OC(COP(=O)(N(C)C)N4CCN(C(=O)OCCO)CC4)C3)C2)C1. The van der Waals surface area contributed by atoms with Gasteiger partial charge in [-0.25, -0.2) is 28.1 Å². The number of aliphatic hydroxyl groups excluding tert-OH is 1. The molecule has 4 saturated heterocycles. The molecule has 4 amide bonds. The van der Waals surface area contributed by atoms with Crippen LogP contribution >= 0.6 is 22.9 Å². The van der Waals surface area contributed by atoms with E-state index < -0.39 is 77.4 Å². The van der Waals surface area contributed by atoms with Gasteiger partial charge in [0.2, 0.25) is 17.7 Å². The van der Waals surface area contributed by atoms with E-state index in [4.69, 9.17) is 60.6 Å². The lowest BCUT2D eigenvalue weighted by molar-refractivity contribution is -0.146. The topological polar surface area (TPSA) is 446 Å². The third-order valence-electron chi connectivity index (χ3n) is 18.0. The molecule has 4 aliphatic rings. The van der Waals surface area contributed by atoms with Gasteiger partial charge in [0.1, 0.15) is 18.1 Å². The van der Waals surface area contributed by atoms with Crippen LogP contribution in [0.3, 0.4) is 0 Å². The van der Waals surface area contributed by atoms with E-state index in [9.17, 15) is 43.0 Å². The van der Waals surface area contributed by atoms with Crippen molar-refractivity contribution >= 4 is 70.2 Å². The molecule has 4 fully saturated rings. The normalized spacial score (nSPS) is 22.9. The summed E-state index contributed by atoms with van der Waals surface area (Å²) in [5.41, 5.74) is 22.8. The largest absolute Gasteiger partial charge is 0.508 e. The maximum absolute atomic E-state index is 15.0. The number of Topliss-reactive ketones (excluding diaryl/α,β-unsaturated/α-hetero) is 2. The summed E-state index contributed by atoms with van der Waals surface area (Å²) in [6.07, 6.45) is 1.30. The van der Waals surface area contributed by atoms with Gasteiger partial charge in [-0.3, -0.25) is 47.7 Å². The molecule has 1 aromatic rings. The van der Waals surface area contributed by atoms with E-state index in [0.29, 0.717) is 89.4 Å². The Morgan fingerprint density at radius 2 is 1.19 bits per heavy atom. The molecule has 102 heavy (non-hydrogen) atoms. The van der Waals surface area contributed by atoms with E-state index in [-0.39, 0.29) is 184 Å². The van der Waals surface area contributed by atoms with Crippen LogP contribution in [0.2, 0.25) is 0 Å². The fraction of sp³-hybridized carbons (Fsp3) is 0.785. The Morgan fingerprint density at radius 1 is 0.647 bits per heavy atom. The number of piperazine rings is 1. The van der Waals surface area contributed by atoms with Crippen molar-refractivity contribution in [3.05, 3.63) is 29.8 Å². The van der Waals surface area contributed by atoms with Crippen LogP contribution in [0, 0.1) is 11.8 Å². The molecule has 0 radical (unpaired) electrons. The highest BCUT2D eigenvalue weighted by atomic mass is 31.2. The number of benzene rings is 1. The maximum Gasteiger partial charge on any atom is 0.409 e.